The number of carbonyl (C=O) groups is 1. The lowest BCUT2D eigenvalue weighted by molar-refractivity contribution is -0.151. The van der Waals surface area contributed by atoms with Crippen LogP contribution in [0.2, 0.25) is 0 Å². The van der Waals surface area contributed by atoms with Crippen LogP contribution in [0.15, 0.2) is 0 Å². The van der Waals surface area contributed by atoms with Crippen molar-refractivity contribution in [1.82, 2.24) is 4.90 Å². The van der Waals surface area contributed by atoms with Crippen LogP contribution >= 0.6 is 11.8 Å². The summed E-state index contributed by atoms with van der Waals surface area (Å²) in [6.45, 7) is 3.07. The molecule has 2 atom stereocenters. The number of aliphatic carboxylic acids is 1. The first-order valence-electron chi connectivity index (χ1n) is 6.28. The number of hydrogen-bond donors (Lipinski definition) is 1. The fraction of sp³-hybridized carbons (Fsp3) is 0.917. The van der Waals surface area contributed by atoms with Crippen molar-refractivity contribution in [2.75, 3.05) is 18.1 Å². The van der Waals surface area contributed by atoms with Gasteiger partial charge in [-0.3, -0.25) is 9.69 Å². The molecule has 0 amide bonds. The van der Waals surface area contributed by atoms with Gasteiger partial charge in [0.2, 0.25) is 0 Å². The van der Waals surface area contributed by atoms with Gasteiger partial charge in [-0.25, -0.2) is 0 Å². The number of hydrogen-bond acceptors (Lipinski definition) is 3. The standard InChI is InChI=1S/C12H21NO2S/c1-2-5-12(11(14)15)6-3-7-13(12)10-4-8-16-9-10/h10H,2-9H2,1H3,(H,14,15). The Bertz CT molecular complexity index is 266. The van der Waals surface area contributed by atoms with E-state index in [0.29, 0.717) is 6.04 Å². The first-order chi connectivity index (χ1) is 7.70. The molecule has 0 saturated carbocycles. The largest absolute Gasteiger partial charge is 0.480 e. The summed E-state index contributed by atoms with van der Waals surface area (Å²) in [4.78, 5) is 13.9. The van der Waals surface area contributed by atoms with E-state index in [1.165, 1.54) is 12.2 Å². The van der Waals surface area contributed by atoms with Crippen LogP contribution in [0, 0.1) is 0 Å². The molecule has 0 spiro atoms. The van der Waals surface area contributed by atoms with Crippen LogP contribution in [0.25, 0.3) is 0 Å². The molecule has 2 rings (SSSR count). The molecular formula is C12H21NO2S. The van der Waals surface area contributed by atoms with Crippen molar-refractivity contribution in [3.05, 3.63) is 0 Å². The first kappa shape index (κ1) is 12.2. The second kappa shape index (κ2) is 4.96. The Labute approximate surface area is 102 Å². The molecular weight excluding hydrogens is 222 g/mol. The van der Waals surface area contributed by atoms with Crippen LogP contribution in [0.4, 0.5) is 0 Å². The van der Waals surface area contributed by atoms with Gasteiger partial charge in [0.05, 0.1) is 0 Å². The normalized spacial score (nSPS) is 35.7. The van der Waals surface area contributed by atoms with Crippen molar-refractivity contribution in [2.24, 2.45) is 0 Å². The lowest BCUT2D eigenvalue weighted by Gasteiger charge is -2.38. The molecule has 0 radical (unpaired) electrons. The molecule has 4 heteroatoms. The fourth-order valence-electron chi connectivity index (χ4n) is 3.22. The Morgan fingerprint density at radius 1 is 1.62 bits per heavy atom. The monoisotopic (exact) mass is 243 g/mol. The average Bonchev–Trinajstić information content (AvgIpc) is 2.85. The Hall–Kier alpha value is -0.220. The van der Waals surface area contributed by atoms with Crippen LogP contribution in [-0.4, -0.2) is 45.6 Å². The highest BCUT2D eigenvalue weighted by Gasteiger charge is 2.49. The molecule has 92 valence electrons. The summed E-state index contributed by atoms with van der Waals surface area (Å²) in [6.07, 6.45) is 4.83. The third-order valence-corrected chi connectivity index (χ3v) is 5.09. The van der Waals surface area contributed by atoms with E-state index in [-0.39, 0.29) is 0 Å². The maximum absolute atomic E-state index is 11.6. The van der Waals surface area contributed by atoms with Crippen molar-refractivity contribution < 1.29 is 9.90 Å². The van der Waals surface area contributed by atoms with E-state index in [4.69, 9.17) is 0 Å². The van der Waals surface area contributed by atoms with E-state index in [9.17, 15) is 9.90 Å². The van der Waals surface area contributed by atoms with Gasteiger partial charge in [-0.2, -0.15) is 11.8 Å². The van der Waals surface area contributed by atoms with Crippen LogP contribution < -0.4 is 0 Å². The van der Waals surface area contributed by atoms with Crippen molar-refractivity contribution in [2.45, 2.75) is 50.6 Å². The highest BCUT2D eigenvalue weighted by Crippen LogP contribution is 2.38. The SMILES string of the molecule is CCCC1(C(=O)O)CCCN1C1CCSC1. The molecule has 2 saturated heterocycles. The smallest absolute Gasteiger partial charge is 0.324 e. The van der Waals surface area contributed by atoms with E-state index in [1.807, 2.05) is 11.8 Å². The molecule has 2 aliphatic heterocycles. The molecule has 0 aliphatic carbocycles. The molecule has 1 N–H and O–H groups in total. The fourth-order valence-corrected chi connectivity index (χ4v) is 4.44. The first-order valence-corrected chi connectivity index (χ1v) is 7.44. The molecule has 2 unspecified atom stereocenters. The van der Waals surface area contributed by atoms with Crippen molar-refractivity contribution in [3.8, 4) is 0 Å². The molecule has 2 heterocycles. The van der Waals surface area contributed by atoms with Crippen molar-refractivity contribution in [1.29, 1.82) is 0 Å². The summed E-state index contributed by atoms with van der Waals surface area (Å²) < 4.78 is 0. The molecule has 0 aromatic carbocycles. The summed E-state index contributed by atoms with van der Waals surface area (Å²) in [5.41, 5.74) is -0.537. The predicted octanol–water partition coefficient (Wildman–Crippen LogP) is 2.21. The van der Waals surface area contributed by atoms with Gasteiger partial charge in [0.15, 0.2) is 0 Å². The molecule has 3 nitrogen and oxygen atoms in total. The topological polar surface area (TPSA) is 40.5 Å². The van der Waals surface area contributed by atoms with Gasteiger partial charge in [0.1, 0.15) is 5.54 Å². The summed E-state index contributed by atoms with van der Waals surface area (Å²) in [6, 6.07) is 0.509. The lowest BCUT2D eigenvalue weighted by atomic mass is 9.89. The number of likely N-dealkylation sites (tertiary alicyclic amines) is 1. The zero-order chi connectivity index (χ0) is 11.6. The Morgan fingerprint density at radius 2 is 2.44 bits per heavy atom. The minimum absolute atomic E-state index is 0.509. The average molecular weight is 243 g/mol. The summed E-state index contributed by atoms with van der Waals surface area (Å²) in [7, 11) is 0. The minimum atomic E-state index is -0.594. The van der Waals surface area contributed by atoms with Gasteiger partial charge in [-0.05, 0) is 38.0 Å². The number of nitrogens with zero attached hydrogens (tertiary/aromatic N) is 1. The van der Waals surface area contributed by atoms with E-state index in [1.54, 1.807) is 0 Å². The Morgan fingerprint density at radius 3 is 3.00 bits per heavy atom. The maximum atomic E-state index is 11.6. The second-order valence-electron chi connectivity index (χ2n) is 4.90. The third kappa shape index (κ3) is 1.97. The van der Waals surface area contributed by atoms with Crippen LogP contribution in [0.3, 0.4) is 0 Å². The highest BCUT2D eigenvalue weighted by atomic mass is 32.2. The molecule has 0 bridgehead atoms. The molecule has 2 aliphatic rings. The van der Waals surface area contributed by atoms with Gasteiger partial charge in [-0.15, -0.1) is 0 Å². The van der Waals surface area contributed by atoms with E-state index < -0.39 is 11.5 Å². The number of carboxylic acid groups (broad SMARTS) is 1. The zero-order valence-electron chi connectivity index (χ0n) is 9.95. The van der Waals surface area contributed by atoms with Crippen molar-refractivity contribution in [3.63, 3.8) is 0 Å². The lowest BCUT2D eigenvalue weighted by Crippen LogP contribution is -2.54. The summed E-state index contributed by atoms with van der Waals surface area (Å²) >= 11 is 1.96. The quantitative estimate of drug-likeness (QED) is 0.822. The predicted molar refractivity (Wildman–Crippen MR) is 66.9 cm³/mol. The van der Waals surface area contributed by atoms with E-state index in [2.05, 4.69) is 11.8 Å². The zero-order valence-corrected chi connectivity index (χ0v) is 10.8. The third-order valence-electron chi connectivity index (χ3n) is 3.95. The highest BCUT2D eigenvalue weighted by molar-refractivity contribution is 7.99. The second-order valence-corrected chi connectivity index (χ2v) is 6.05. The van der Waals surface area contributed by atoms with Crippen LogP contribution in [0.5, 0.6) is 0 Å². The van der Waals surface area contributed by atoms with Gasteiger partial charge in [0.25, 0.3) is 0 Å². The maximum Gasteiger partial charge on any atom is 0.324 e. The Balaban J connectivity index is 2.17. The number of thioether (sulfide) groups is 1. The number of rotatable bonds is 4. The van der Waals surface area contributed by atoms with E-state index >= 15 is 0 Å². The van der Waals surface area contributed by atoms with Gasteiger partial charge in [-0.1, -0.05) is 13.3 Å². The molecule has 0 aromatic rings. The van der Waals surface area contributed by atoms with Crippen LogP contribution in [0.1, 0.15) is 39.0 Å². The molecule has 2 fully saturated rings. The van der Waals surface area contributed by atoms with E-state index in [0.717, 1.165) is 38.0 Å². The molecule has 16 heavy (non-hydrogen) atoms. The van der Waals surface area contributed by atoms with Crippen LogP contribution in [-0.2, 0) is 4.79 Å². The summed E-state index contributed by atoms with van der Waals surface area (Å²) in [5.74, 6) is 1.73. The molecule has 0 aromatic heterocycles. The number of carboxylic acids is 1. The van der Waals surface area contributed by atoms with Gasteiger partial charge < -0.3 is 5.11 Å². The Kier molecular flexibility index (Phi) is 3.80. The van der Waals surface area contributed by atoms with Gasteiger partial charge >= 0.3 is 5.97 Å². The van der Waals surface area contributed by atoms with Crippen molar-refractivity contribution >= 4 is 17.7 Å². The minimum Gasteiger partial charge on any atom is -0.480 e. The van der Waals surface area contributed by atoms with Gasteiger partial charge in [0, 0.05) is 11.8 Å². The summed E-state index contributed by atoms with van der Waals surface area (Å²) in [5, 5.41) is 9.58.